The molecule has 1 aromatic heterocycles. The lowest BCUT2D eigenvalue weighted by Gasteiger charge is -2.11. The van der Waals surface area contributed by atoms with Gasteiger partial charge in [0.2, 0.25) is 0 Å². The van der Waals surface area contributed by atoms with Crippen molar-refractivity contribution in [2.45, 2.75) is 32.4 Å². The summed E-state index contributed by atoms with van der Waals surface area (Å²) in [5.74, 6) is 0. The number of hydrogen-bond acceptors (Lipinski definition) is 2. The summed E-state index contributed by atoms with van der Waals surface area (Å²) in [5.41, 5.74) is 1.13. The van der Waals surface area contributed by atoms with Crippen molar-refractivity contribution in [2.75, 3.05) is 0 Å². The molecule has 0 aromatic carbocycles. The van der Waals surface area contributed by atoms with Crippen molar-refractivity contribution in [3.05, 3.63) is 30.6 Å². The van der Waals surface area contributed by atoms with E-state index in [9.17, 15) is 0 Å². The van der Waals surface area contributed by atoms with Crippen LogP contribution in [0.25, 0.3) is 0 Å². The third-order valence-corrected chi connectivity index (χ3v) is 2.00. The molecular formula is C10H17N3. The molecule has 0 saturated heterocycles. The van der Waals surface area contributed by atoms with Crippen LogP contribution in [0.1, 0.15) is 25.5 Å². The summed E-state index contributed by atoms with van der Waals surface area (Å²) < 4.78 is 0. The predicted octanol–water partition coefficient (Wildman–Crippen LogP) is 1.85. The van der Waals surface area contributed by atoms with E-state index in [0.29, 0.717) is 6.04 Å². The lowest BCUT2D eigenvalue weighted by atomic mass is 10.2. The molecule has 0 radical (unpaired) electrons. The fourth-order valence-corrected chi connectivity index (χ4v) is 1.14. The fraction of sp³-hybridized carbons (Fsp3) is 0.500. The summed E-state index contributed by atoms with van der Waals surface area (Å²) in [6.45, 7) is 6.74. The van der Waals surface area contributed by atoms with Crippen molar-refractivity contribution in [3.63, 3.8) is 0 Å². The van der Waals surface area contributed by atoms with Crippen LogP contribution in [0.5, 0.6) is 0 Å². The number of allylic oxidation sites excluding steroid dienone is 1. The number of nitrogens with one attached hydrogen (secondary N) is 2. The van der Waals surface area contributed by atoms with E-state index in [1.54, 1.807) is 6.20 Å². The normalized spacial score (nSPS) is 12.7. The Labute approximate surface area is 79.2 Å². The van der Waals surface area contributed by atoms with Gasteiger partial charge in [-0.05, 0) is 25.8 Å². The van der Waals surface area contributed by atoms with Crippen LogP contribution in [0, 0.1) is 0 Å². The van der Waals surface area contributed by atoms with Crippen molar-refractivity contribution >= 4 is 0 Å². The van der Waals surface area contributed by atoms with Crippen LogP contribution < -0.4 is 5.32 Å². The molecule has 1 heterocycles. The third-order valence-electron chi connectivity index (χ3n) is 2.00. The number of nitrogens with zero attached hydrogens (tertiary/aromatic N) is 1. The molecule has 0 saturated carbocycles. The quantitative estimate of drug-likeness (QED) is 0.654. The second-order valence-electron chi connectivity index (χ2n) is 3.23. The van der Waals surface area contributed by atoms with Crippen LogP contribution in [-0.2, 0) is 6.54 Å². The predicted molar refractivity (Wildman–Crippen MR) is 54.3 cm³/mol. The Morgan fingerprint density at radius 3 is 3.23 bits per heavy atom. The zero-order valence-corrected chi connectivity index (χ0v) is 8.09. The molecule has 3 heteroatoms. The smallest absolute Gasteiger partial charge is 0.0490 e. The number of aromatic nitrogens is 2. The Morgan fingerprint density at radius 2 is 2.62 bits per heavy atom. The van der Waals surface area contributed by atoms with Gasteiger partial charge in [-0.2, -0.15) is 5.10 Å². The Kier molecular flexibility index (Phi) is 4.26. The molecule has 1 aromatic rings. The number of hydrogen-bond donors (Lipinski definition) is 2. The summed E-state index contributed by atoms with van der Waals surface area (Å²) >= 11 is 0. The van der Waals surface area contributed by atoms with Crippen LogP contribution in [-0.4, -0.2) is 16.2 Å². The van der Waals surface area contributed by atoms with E-state index in [2.05, 4.69) is 29.0 Å². The molecule has 1 atom stereocenters. The summed E-state index contributed by atoms with van der Waals surface area (Å²) in [5, 5.41) is 10.2. The fourth-order valence-electron chi connectivity index (χ4n) is 1.14. The Bertz CT molecular complexity index is 228. The van der Waals surface area contributed by atoms with Crippen molar-refractivity contribution < 1.29 is 0 Å². The van der Waals surface area contributed by atoms with Gasteiger partial charge in [-0.15, -0.1) is 6.58 Å². The second-order valence-corrected chi connectivity index (χ2v) is 3.23. The molecule has 13 heavy (non-hydrogen) atoms. The topological polar surface area (TPSA) is 40.7 Å². The first-order valence-electron chi connectivity index (χ1n) is 4.65. The van der Waals surface area contributed by atoms with E-state index >= 15 is 0 Å². The summed E-state index contributed by atoms with van der Waals surface area (Å²) in [7, 11) is 0. The summed E-state index contributed by atoms with van der Waals surface area (Å²) in [4.78, 5) is 0. The molecule has 0 aliphatic rings. The maximum absolute atomic E-state index is 3.88. The highest BCUT2D eigenvalue weighted by Gasteiger charge is 1.99. The SMILES string of the molecule is C=CCCC(C)NCc1ccn[nH]1. The van der Waals surface area contributed by atoms with Gasteiger partial charge in [0, 0.05) is 24.5 Å². The molecule has 0 aliphatic carbocycles. The third kappa shape index (κ3) is 3.90. The minimum absolute atomic E-state index is 0.529. The average Bonchev–Trinajstić information content (AvgIpc) is 2.64. The first-order chi connectivity index (χ1) is 6.33. The maximum atomic E-state index is 3.88. The van der Waals surface area contributed by atoms with Crippen LogP contribution in [0.15, 0.2) is 24.9 Å². The average molecular weight is 179 g/mol. The van der Waals surface area contributed by atoms with Crippen molar-refractivity contribution in [1.29, 1.82) is 0 Å². The zero-order valence-electron chi connectivity index (χ0n) is 8.09. The second kappa shape index (κ2) is 5.54. The highest BCUT2D eigenvalue weighted by molar-refractivity contribution is 4.96. The molecule has 0 amide bonds. The maximum Gasteiger partial charge on any atom is 0.0490 e. The van der Waals surface area contributed by atoms with Gasteiger partial charge >= 0.3 is 0 Å². The van der Waals surface area contributed by atoms with Crippen LogP contribution in [0.2, 0.25) is 0 Å². The Balaban J connectivity index is 2.15. The van der Waals surface area contributed by atoms with E-state index < -0.39 is 0 Å². The highest BCUT2D eigenvalue weighted by atomic mass is 15.1. The van der Waals surface area contributed by atoms with Crippen LogP contribution >= 0.6 is 0 Å². The molecule has 0 aliphatic heterocycles. The largest absolute Gasteiger partial charge is 0.309 e. The lowest BCUT2D eigenvalue weighted by Crippen LogP contribution is -2.25. The van der Waals surface area contributed by atoms with E-state index in [-0.39, 0.29) is 0 Å². The van der Waals surface area contributed by atoms with E-state index in [1.807, 2.05) is 12.1 Å². The summed E-state index contributed by atoms with van der Waals surface area (Å²) in [6, 6.07) is 2.51. The highest BCUT2D eigenvalue weighted by Crippen LogP contribution is 1.98. The van der Waals surface area contributed by atoms with Gasteiger partial charge in [0.15, 0.2) is 0 Å². The Morgan fingerprint density at radius 1 is 1.77 bits per heavy atom. The van der Waals surface area contributed by atoms with Crippen LogP contribution in [0.3, 0.4) is 0 Å². The standard InChI is InChI=1S/C10H17N3/c1-3-4-5-9(2)11-8-10-6-7-12-13-10/h3,6-7,9,11H,1,4-5,8H2,2H3,(H,12,13). The molecule has 2 N–H and O–H groups in total. The first-order valence-corrected chi connectivity index (χ1v) is 4.65. The molecular weight excluding hydrogens is 162 g/mol. The molecule has 0 bridgehead atoms. The van der Waals surface area contributed by atoms with Gasteiger partial charge in [-0.3, -0.25) is 5.10 Å². The molecule has 72 valence electrons. The molecule has 3 nitrogen and oxygen atoms in total. The van der Waals surface area contributed by atoms with E-state index in [4.69, 9.17) is 0 Å². The van der Waals surface area contributed by atoms with Crippen LogP contribution in [0.4, 0.5) is 0 Å². The minimum Gasteiger partial charge on any atom is -0.309 e. The monoisotopic (exact) mass is 179 g/mol. The first kappa shape index (κ1) is 9.99. The van der Waals surface area contributed by atoms with Crippen molar-refractivity contribution in [1.82, 2.24) is 15.5 Å². The lowest BCUT2D eigenvalue weighted by molar-refractivity contribution is 0.513. The Hall–Kier alpha value is -1.09. The molecule has 1 rings (SSSR count). The van der Waals surface area contributed by atoms with E-state index in [0.717, 1.165) is 25.1 Å². The molecule has 1 unspecified atom stereocenters. The zero-order chi connectivity index (χ0) is 9.52. The molecule has 0 fully saturated rings. The van der Waals surface area contributed by atoms with E-state index in [1.165, 1.54) is 0 Å². The number of rotatable bonds is 6. The van der Waals surface area contributed by atoms with Gasteiger partial charge < -0.3 is 5.32 Å². The number of aromatic amines is 1. The summed E-state index contributed by atoms with van der Waals surface area (Å²) in [6.07, 6.45) is 5.93. The van der Waals surface area contributed by atoms with Gasteiger partial charge in [-0.25, -0.2) is 0 Å². The van der Waals surface area contributed by atoms with Gasteiger partial charge in [0.05, 0.1) is 0 Å². The van der Waals surface area contributed by atoms with Gasteiger partial charge in [0.25, 0.3) is 0 Å². The van der Waals surface area contributed by atoms with Gasteiger partial charge in [0.1, 0.15) is 0 Å². The van der Waals surface area contributed by atoms with Crippen molar-refractivity contribution in [2.24, 2.45) is 0 Å². The molecule has 0 spiro atoms. The van der Waals surface area contributed by atoms with Crippen molar-refractivity contribution in [3.8, 4) is 0 Å². The minimum atomic E-state index is 0.529. The van der Waals surface area contributed by atoms with Gasteiger partial charge in [-0.1, -0.05) is 6.08 Å². The number of H-pyrrole nitrogens is 1.